The van der Waals surface area contributed by atoms with Crippen LogP contribution in [0.15, 0.2) is 60.8 Å². The van der Waals surface area contributed by atoms with E-state index in [0.717, 1.165) is 31.3 Å². The number of unbranched alkanes of at least 4 members (excludes halogenated alkanes) is 3. The zero-order valence-corrected chi connectivity index (χ0v) is 26.1. The molecule has 1 saturated carbocycles. The molecule has 2 N–H and O–H groups in total. The molecule has 1 spiro atoms. The molecule has 0 aromatic heterocycles. The normalized spacial score (nSPS) is 35.1. The summed E-state index contributed by atoms with van der Waals surface area (Å²) in [6, 6.07) is 0. The summed E-state index contributed by atoms with van der Waals surface area (Å²) in [5.74, 6) is -2.98. The lowest BCUT2D eigenvalue weighted by atomic mass is 9.44. The van der Waals surface area contributed by atoms with Crippen LogP contribution in [0.5, 0.6) is 0 Å². The van der Waals surface area contributed by atoms with Crippen molar-refractivity contribution in [1.82, 2.24) is 0 Å². The second-order valence-electron chi connectivity index (χ2n) is 12.2. The van der Waals surface area contributed by atoms with Crippen molar-refractivity contribution in [3.8, 4) is 0 Å². The molecule has 0 aromatic rings. The Hall–Kier alpha value is -3.01. The zero-order valence-electron chi connectivity index (χ0n) is 26.1. The van der Waals surface area contributed by atoms with Crippen LogP contribution in [0.2, 0.25) is 0 Å². The topological polar surface area (TPSA) is 129 Å². The highest BCUT2D eigenvalue weighted by Gasteiger charge is 2.74. The maximum Gasteiger partial charge on any atom is 0.331 e. The summed E-state index contributed by atoms with van der Waals surface area (Å²) in [4.78, 5) is 37.8. The number of esters is 3. The average Bonchev–Trinajstić information content (AvgIpc) is 3.23. The minimum atomic E-state index is -1.46. The van der Waals surface area contributed by atoms with E-state index in [1.165, 1.54) is 26.0 Å². The van der Waals surface area contributed by atoms with Gasteiger partial charge in [-0.15, -0.1) is 0 Å². The predicted octanol–water partition coefficient (Wildman–Crippen LogP) is 5.23. The Kier molecular flexibility index (Phi) is 11.7. The number of hydrogen-bond donors (Lipinski definition) is 2. The minimum Gasteiger partial charge on any atom is -0.455 e. The van der Waals surface area contributed by atoms with E-state index in [1.807, 2.05) is 19.9 Å². The Labute approximate surface area is 255 Å². The van der Waals surface area contributed by atoms with Crippen LogP contribution in [0.4, 0.5) is 0 Å². The first-order chi connectivity index (χ1) is 20.3. The minimum absolute atomic E-state index is 0.204. The van der Waals surface area contributed by atoms with Gasteiger partial charge in [0.15, 0.2) is 0 Å². The third-order valence-corrected chi connectivity index (χ3v) is 9.46. The molecule has 0 unspecified atom stereocenters. The molecule has 1 saturated heterocycles. The molecule has 3 aliphatic rings. The maximum absolute atomic E-state index is 13.2. The van der Waals surface area contributed by atoms with Gasteiger partial charge in [0.05, 0.1) is 12.2 Å². The first-order valence-electron chi connectivity index (χ1n) is 15.2. The van der Waals surface area contributed by atoms with Crippen molar-refractivity contribution in [1.29, 1.82) is 0 Å². The summed E-state index contributed by atoms with van der Waals surface area (Å²) < 4.78 is 23.4. The number of aliphatic hydroxyl groups is 2. The molecule has 3 rings (SSSR count). The molecule has 238 valence electrons. The fourth-order valence-corrected chi connectivity index (χ4v) is 7.11. The van der Waals surface area contributed by atoms with E-state index in [9.17, 15) is 24.6 Å². The Balaban J connectivity index is 2.13. The van der Waals surface area contributed by atoms with E-state index < -0.39 is 71.5 Å². The lowest BCUT2D eigenvalue weighted by Crippen LogP contribution is -2.68. The molecule has 0 bridgehead atoms. The van der Waals surface area contributed by atoms with Crippen LogP contribution in [-0.4, -0.2) is 59.0 Å². The monoisotopic (exact) mass is 600 g/mol. The third kappa shape index (κ3) is 7.21. The number of rotatable bonds is 13. The first kappa shape index (κ1) is 34.5. The standard InChI is InChI=1S/C34H48O9/c1-8-10-11-12-13-14-15-16-28(38)42-30-29(39)22(4)33(7,18-17-21(3)9-2)27-20-25(37)19-26-31(40-23(5)35)43-32(34(26,27)30)41-24(6)36/h9,13-16,19,22,25,27,29-32,37,39H,2-3,8,10-12,17-18,20H2,1,4-7H3/b14-13+,16-15+/t22-,25+,27-,29-,30+,31+,32+,33-,34-/m0/s1. The van der Waals surface area contributed by atoms with Gasteiger partial charge in [-0.3, -0.25) is 14.3 Å². The predicted molar refractivity (Wildman–Crippen MR) is 161 cm³/mol. The molecule has 0 amide bonds. The highest BCUT2D eigenvalue weighted by Crippen LogP contribution is 2.67. The number of carbonyl (C=O) groups is 3. The van der Waals surface area contributed by atoms with Gasteiger partial charge >= 0.3 is 17.9 Å². The summed E-state index contributed by atoms with van der Waals surface area (Å²) in [5, 5.41) is 23.1. The van der Waals surface area contributed by atoms with Crippen molar-refractivity contribution >= 4 is 17.9 Å². The number of hydrogen-bond acceptors (Lipinski definition) is 9. The van der Waals surface area contributed by atoms with Crippen molar-refractivity contribution < 1.29 is 43.5 Å². The summed E-state index contributed by atoms with van der Waals surface area (Å²) in [6.45, 7) is 16.3. The van der Waals surface area contributed by atoms with Crippen LogP contribution in [0, 0.1) is 22.7 Å². The highest BCUT2D eigenvalue weighted by atomic mass is 16.8. The van der Waals surface area contributed by atoms with Crippen molar-refractivity contribution in [2.45, 2.75) is 110 Å². The molecule has 9 nitrogen and oxygen atoms in total. The van der Waals surface area contributed by atoms with E-state index in [1.54, 1.807) is 18.2 Å². The third-order valence-electron chi connectivity index (χ3n) is 9.46. The van der Waals surface area contributed by atoms with Gasteiger partial charge in [0, 0.05) is 25.5 Å². The van der Waals surface area contributed by atoms with E-state index in [0.29, 0.717) is 18.4 Å². The van der Waals surface area contributed by atoms with E-state index in [2.05, 4.69) is 20.1 Å². The fraction of sp³-hybridized carbons (Fsp3) is 0.618. The number of ether oxygens (including phenoxy) is 4. The molecule has 1 aliphatic heterocycles. The van der Waals surface area contributed by atoms with Gasteiger partial charge in [0.1, 0.15) is 11.5 Å². The number of aliphatic hydroxyl groups excluding tert-OH is 2. The molecule has 9 heteroatoms. The number of allylic oxidation sites excluding steroid dienone is 5. The molecule has 0 aromatic carbocycles. The zero-order chi connectivity index (χ0) is 31.9. The Morgan fingerprint density at radius 3 is 2.44 bits per heavy atom. The Morgan fingerprint density at radius 1 is 1.12 bits per heavy atom. The molecular formula is C34H48O9. The lowest BCUT2D eigenvalue weighted by molar-refractivity contribution is -0.276. The molecule has 1 heterocycles. The molecule has 43 heavy (non-hydrogen) atoms. The highest BCUT2D eigenvalue weighted by molar-refractivity contribution is 5.82. The Morgan fingerprint density at radius 2 is 1.81 bits per heavy atom. The second kappa shape index (κ2) is 14.6. The van der Waals surface area contributed by atoms with Gasteiger partial charge < -0.3 is 24.4 Å². The SMILES string of the molecule is C=CC(=C)CC[C@@]1(C)[C@@H](C)[C@H](O)[C@@H](OC(=O)/C=C/C=C/CCCCC)[C@]23C(=C[C@@H](O)C[C@@H]12)[C@H](OC(C)=O)O[C@H]3OC(C)=O. The number of carbonyl (C=O) groups excluding carboxylic acids is 3. The van der Waals surface area contributed by atoms with Crippen LogP contribution in [0.1, 0.15) is 79.6 Å². The van der Waals surface area contributed by atoms with Crippen LogP contribution < -0.4 is 0 Å². The van der Waals surface area contributed by atoms with E-state index in [-0.39, 0.29) is 6.42 Å². The molecule has 0 radical (unpaired) electrons. The van der Waals surface area contributed by atoms with Gasteiger partial charge in [-0.25, -0.2) is 4.79 Å². The average molecular weight is 601 g/mol. The van der Waals surface area contributed by atoms with Crippen molar-refractivity contribution in [2.24, 2.45) is 22.7 Å². The van der Waals surface area contributed by atoms with Crippen LogP contribution in [-0.2, 0) is 33.3 Å². The van der Waals surface area contributed by atoms with Gasteiger partial charge in [-0.2, -0.15) is 0 Å². The summed E-state index contributed by atoms with van der Waals surface area (Å²) >= 11 is 0. The summed E-state index contributed by atoms with van der Waals surface area (Å²) in [6.07, 6.45) is 9.18. The second-order valence-corrected chi connectivity index (χ2v) is 12.2. The quantitative estimate of drug-likeness (QED) is 0.0729. The van der Waals surface area contributed by atoms with Gasteiger partial charge in [-0.05, 0) is 55.4 Å². The van der Waals surface area contributed by atoms with E-state index in [4.69, 9.17) is 18.9 Å². The molecule has 2 fully saturated rings. The smallest absolute Gasteiger partial charge is 0.331 e. The van der Waals surface area contributed by atoms with Gasteiger partial charge in [0.2, 0.25) is 12.6 Å². The van der Waals surface area contributed by atoms with Crippen LogP contribution >= 0.6 is 0 Å². The van der Waals surface area contributed by atoms with Crippen molar-refractivity contribution in [2.75, 3.05) is 0 Å². The molecule has 2 aliphatic carbocycles. The molecular weight excluding hydrogens is 552 g/mol. The van der Waals surface area contributed by atoms with Gasteiger partial charge in [-0.1, -0.05) is 76.6 Å². The lowest BCUT2D eigenvalue weighted by Gasteiger charge is -2.62. The summed E-state index contributed by atoms with van der Waals surface area (Å²) in [7, 11) is 0. The summed E-state index contributed by atoms with van der Waals surface area (Å²) in [5.41, 5.74) is -1.04. The fourth-order valence-electron chi connectivity index (χ4n) is 7.11. The largest absolute Gasteiger partial charge is 0.455 e. The van der Waals surface area contributed by atoms with E-state index >= 15 is 0 Å². The first-order valence-corrected chi connectivity index (χ1v) is 15.2. The van der Waals surface area contributed by atoms with Crippen molar-refractivity contribution in [3.05, 3.63) is 60.8 Å². The maximum atomic E-state index is 13.2. The van der Waals surface area contributed by atoms with Crippen LogP contribution in [0.3, 0.4) is 0 Å². The van der Waals surface area contributed by atoms with Gasteiger partial charge in [0.25, 0.3) is 0 Å². The van der Waals surface area contributed by atoms with Crippen LogP contribution in [0.25, 0.3) is 0 Å². The Bertz CT molecular complexity index is 1150. The molecule has 9 atom stereocenters. The van der Waals surface area contributed by atoms with Crippen molar-refractivity contribution in [3.63, 3.8) is 0 Å².